The summed E-state index contributed by atoms with van der Waals surface area (Å²) in [6.07, 6.45) is 4.08. The summed E-state index contributed by atoms with van der Waals surface area (Å²) in [5, 5.41) is 8.65. The van der Waals surface area contributed by atoms with Gasteiger partial charge in [0.05, 0.1) is 6.61 Å². The van der Waals surface area contributed by atoms with E-state index in [0.29, 0.717) is 6.54 Å². The number of rotatable bonds is 8. The third-order valence-corrected chi connectivity index (χ3v) is 2.75. The van der Waals surface area contributed by atoms with E-state index in [1.165, 1.54) is 5.56 Å². The van der Waals surface area contributed by atoms with E-state index in [1.54, 1.807) is 0 Å². The Balaban J connectivity index is 2.31. The van der Waals surface area contributed by atoms with Gasteiger partial charge in [0.25, 0.3) is 0 Å². The summed E-state index contributed by atoms with van der Waals surface area (Å²) >= 11 is 0. The molecule has 0 aromatic heterocycles. The van der Waals surface area contributed by atoms with Crippen molar-refractivity contribution in [2.75, 3.05) is 13.2 Å². The molecule has 0 fully saturated rings. The zero-order valence-corrected chi connectivity index (χ0v) is 10.6. The van der Waals surface area contributed by atoms with E-state index in [4.69, 9.17) is 15.6 Å². The van der Waals surface area contributed by atoms with Gasteiger partial charge in [-0.25, -0.2) is 0 Å². The third-order valence-electron chi connectivity index (χ3n) is 2.75. The van der Waals surface area contributed by atoms with Gasteiger partial charge in [-0.3, -0.25) is 0 Å². The molecule has 0 saturated carbocycles. The first-order chi connectivity index (χ1) is 8.27. The molecule has 96 valence electrons. The number of hydrogen-bond acceptors (Lipinski definition) is 3. The SMILES string of the molecule is Cc1ccc(OCCCCCCO)c(CN)c1. The molecule has 0 bridgehead atoms. The lowest BCUT2D eigenvalue weighted by Crippen LogP contribution is -2.04. The maximum Gasteiger partial charge on any atom is 0.123 e. The minimum Gasteiger partial charge on any atom is -0.493 e. The molecule has 0 heterocycles. The fourth-order valence-electron chi connectivity index (χ4n) is 1.76. The molecule has 3 heteroatoms. The molecule has 0 radical (unpaired) electrons. The van der Waals surface area contributed by atoms with Crippen LogP contribution in [-0.4, -0.2) is 18.3 Å². The van der Waals surface area contributed by atoms with Gasteiger partial charge in [-0.15, -0.1) is 0 Å². The second kappa shape index (κ2) is 8.09. The molecule has 1 rings (SSSR count). The number of hydrogen-bond donors (Lipinski definition) is 2. The van der Waals surface area contributed by atoms with Gasteiger partial charge in [0, 0.05) is 18.7 Å². The van der Waals surface area contributed by atoms with Gasteiger partial charge in [0.15, 0.2) is 0 Å². The smallest absolute Gasteiger partial charge is 0.123 e. The van der Waals surface area contributed by atoms with Crippen LogP contribution in [-0.2, 0) is 6.54 Å². The summed E-state index contributed by atoms with van der Waals surface area (Å²) in [7, 11) is 0. The molecule has 0 saturated heterocycles. The molecule has 0 aliphatic heterocycles. The Morgan fingerprint density at radius 2 is 1.94 bits per heavy atom. The van der Waals surface area contributed by atoms with Crippen LogP contribution in [0.2, 0.25) is 0 Å². The fourth-order valence-corrected chi connectivity index (χ4v) is 1.76. The van der Waals surface area contributed by atoms with Crippen LogP contribution in [0.5, 0.6) is 5.75 Å². The normalized spacial score (nSPS) is 10.5. The summed E-state index contributed by atoms with van der Waals surface area (Å²) < 4.78 is 5.72. The van der Waals surface area contributed by atoms with Crippen molar-refractivity contribution in [1.29, 1.82) is 0 Å². The van der Waals surface area contributed by atoms with Crippen molar-refractivity contribution < 1.29 is 9.84 Å². The van der Waals surface area contributed by atoms with Crippen molar-refractivity contribution >= 4 is 0 Å². The minimum atomic E-state index is 0.288. The molecule has 0 aliphatic carbocycles. The largest absolute Gasteiger partial charge is 0.493 e. The van der Waals surface area contributed by atoms with Crippen molar-refractivity contribution in [2.24, 2.45) is 5.73 Å². The monoisotopic (exact) mass is 237 g/mol. The topological polar surface area (TPSA) is 55.5 Å². The van der Waals surface area contributed by atoms with Gasteiger partial charge >= 0.3 is 0 Å². The van der Waals surface area contributed by atoms with Crippen LogP contribution in [0, 0.1) is 6.92 Å². The van der Waals surface area contributed by atoms with Crippen molar-refractivity contribution in [3.05, 3.63) is 29.3 Å². The van der Waals surface area contributed by atoms with E-state index in [2.05, 4.69) is 13.0 Å². The molecular formula is C14H23NO2. The second-order valence-electron chi connectivity index (χ2n) is 4.30. The summed E-state index contributed by atoms with van der Waals surface area (Å²) in [5.74, 6) is 0.903. The Hall–Kier alpha value is -1.06. The summed E-state index contributed by atoms with van der Waals surface area (Å²) in [5.41, 5.74) is 7.96. The van der Waals surface area contributed by atoms with E-state index in [0.717, 1.165) is 43.6 Å². The molecule has 3 N–H and O–H groups in total. The maximum absolute atomic E-state index is 8.65. The molecule has 1 aromatic rings. The predicted octanol–water partition coefficient (Wildman–Crippen LogP) is 2.39. The Morgan fingerprint density at radius 3 is 2.65 bits per heavy atom. The first-order valence-electron chi connectivity index (χ1n) is 6.31. The van der Waals surface area contributed by atoms with E-state index in [1.807, 2.05) is 12.1 Å². The number of aryl methyl sites for hydroxylation is 1. The van der Waals surface area contributed by atoms with Gasteiger partial charge in [-0.05, 0) is 32.3 Å². The Labute approximate surface area is 104 Å². The highest BCUT2D eigenvalue weighted by molar-refractivity contribution is 5.36. The zero-order chi connectivity index (χ0) is 12.5. The number of nitrogens with two attached hydrogens (primary N) is 1. The zero-order valence-electron chi connectivity index (χ0n) is 10.6. The lowest BCUT2D eigenvalue weighted by molar-refractivity contribution is 0.273. The fraction of sp³-hybridized carbons (Fsp3) is 0.571. The molecule has 17 heavy (non-hydrogen) atoms. The highest BCUT2D eigenvalue weighted by Crippen LogP contribution is 2.19. The van der Waals surface area contributed by atoms with Crippen LogP contribution in [0.1, 0.15) is 36.8 Å². The van der Waals surface area contributed by atoms with Gasteiger partial charge in [-0.2, -0.15) is 0 Å². The van der Waals surface area contributed by atoms with Crippen LogP contribution in [0.4, 0.5) is 0 Å². The Bertz CT molecular complexity index is 326. The molecule has 1 aromatic carbocycles. The van der Waals surface area contributed by atoms with E-state index in [-0.39, 0.29) is 6.61 Å². The number of benzene rings is 1. The Morgan fingerprint density at radius 1 is 1.18 bits per heavy atom. The predicted molar refractivity (Wildman–Crippen MR) is 70.1 cm³/mol. The van der Waals surface area contributed by atoms with E-state index < -0.39 is 0 Å². The van der Waals surface area contributed by atoms with Gasteiger partial charge in [0.1, 0.15) is 5.75 Å². The van der Waals surface area contributed by atoms with Crippen LogP contribution in [0.15, 0.2) is 18.2 Å². The van der Waals surface area contributed by atoms with Crippen molar-refractivity contribution in [3.8, 4) is 5.75 Å². The van der Waals surface area contributed by atoms with Crippen LogP contribution in [0.3, 0.4) is 0 Å². The third kappa shape index (κ3) is 5.20. The average Bonchev–Trinajstić information content (AvgIpc) is 2.35. The maximum atomic E-state index is 8.65. The molecule has 0 atom stereocenters. The molecule has 0 unspecified atom stereocenters. The van der Waals surface area contributed by atoms with Crippen molar-refractivity contribution in [1.82, 2.24) is 0 Å². The lowest BCUT2D eigenvalue weighted by Gasteiger charge is -2.11. The van der Waals surface area contributed by atoms with Crippen molar-refractivity contribution in [3.63, 3.8) is 0 Å². The Kier molecular flexibility index (Phi) is 6.67. The van der Waals surface area contributed by atoms with Crippen LogP contribution in [0.25, 0.3) is 0 Å². The first kappa shape index (κ1) is 14.0. The minimum absolute atomic E-state index is 0.288. The van der Waals surface area contributed by atoms with E-state index in [9.17, 15) is 0 Å². The molecule has 0 spiro atoms. The first-order valence-corrected chi connectivity index (χ1v) is 6.31. The summed E-state index contributed by atoms with van der Waals surface area (Å²) in [6, 6.07) is 6.10. The number of unbranched alkanes of at least 4 members (excludes halogenated alkanes) is 3. The standard InChI is InChI=1S/C14H23NO2/c1-12-6-7-14(13(10-12)11-15)17-9-5-3-2-4-8-16/h6-7,10,16H,2-5,8-9,11,15H2,1H3. The second-order valence-corrected chi connectivity index (χ2v) is 4.30. The van der Waals surface area contributed by atoms with Crippen LogP contribution < -0.4 is 10.5 Å². The van der Waals surface area contributed by atoms with E-state index >= 15 is 0 Å². The lowest BCUT2D eigenvalue weighted by atomic mass is 10.1. The number of aliphatic hydroxyl groups excluding tert-OH is 1. The van der Waals surface area contributed by atoms with Gasteiger partial charge in [0.2, 0.25) is 0 Å². The molecule has 0 aliphatic rings. The highest BCUT2D eigenvalue weighted by Gasteiger charge is 2.02. The number of aliphatic hydroxyl groups is 1. The molecule has 3 nitrogen and oxygen atoms in total. The van der Waals surface area contributed by atoms with Gasteiger partial charge < -0.3 is 15.6 Å². The highest BCUT2D eigenvalue weighted by atomic mass is 16.5. The summed E-state index contributed by atoms with van der Waals surface area (Å²) in [6.45, 7) is 3.58. The van der Waals surface area contributed by atoms with Crippen molar-refractivity contribution in [2.45, 2.75) is 39.2 Å². The molecule has 0 amide bonds. The summed E-state index contributed by atoms with van der Waals surface area (Å²) in [4.78, 5) is 0. The quantitative estimate of drug-likeness (QED) is 0.683. The van der Waals surface area contributed by atoms with Crippen LogP contribution >= 0.6 is 0 Å². The molecular weight excluding hydrogens is 214 g/mol. The van der Waals surface area contributed by atoms with Gasteiger partial charge in [-0.1, -0.05) is 24.1 Å². The average molecular weight is 237 g/mol. The number of ether oxygens (including phenoxy) is 1.